The average Bonchev–Trinajstić information content (AvgIpc) is 2.93. The maximum absolute atomic E-state index is 12.8. The van der Waals surface area contributed by atoms with Crippen molar-refractivity contribution in [1.82, 2.24) is 10.3 Å². The molecule has 1 aromatic heterocycles. The molecule has 1 heterocycles. The van der Waals surface area contributed by atoms with E-state index in [9.17, 15) is 14.4 Å². The number of thioether (sulfide) groups is 1. The van der Waals surface area contributed by atoms with E-state index in [-0.39, 0.29) is 5.78 Å². The van der Waals surface area contributed by atoms with Crippen molar-refractivity contribution in [2.75, 3.05) is 12.0 Å². The number of Topliss-reactive ketones (excluding diaryl/α,β-unsaturated/α-hetero) is 1. The van der Waals surface area contributed by atoms with E-state index in [0.717, 1.165) is 10.9 Å². The zero-order chi connectivity index (χ0) is 19.3. The number of esters is 1. The quantitative estimate of drug-likeness (QED) is 0.483. The lowest BCUT2D eigenvalue weighted by atomic mass is 10.0. The third-order valence-corrected chi connectivity index (χ3v) is 4.66. The number of nitrogens with one attached hydrogen (secondary N) is 2. The zero-order valence-electron chi connectivity index (χ0n) is 15.0. The smallest absolute Gasteiger partial charge is 0.329 e. The number of carbonyl (C=O) groups excluding carboxylic acids is 3. The Labute approximate surface area is 156 Å². The molecule has 1 aromatic carbocycles. The first-order valence-corrected chi connectivity index (χ1v) is 9.61. The number of hydrogen-bond donors (Lipinski definition) is 3. The van der Waals surface area contributed by atoms with E-state index in [1.807, 2.05) is 30.5 Å². The molecular formula is C18H23N3O4S. The molecule has 0 radical (unpaired) electrons. The average molecular weight is 377 g/mol. The SMILES string of the molecule is CSCC[C@H](NC(N)=O)C(=O)O[C@@H](C)C(=O)c1c(C)[nH]c2ccccc12. The van der Waals surface area contributed by atoms with Gasteiger partial charge >= 0.3 is 12.0 Å². The predicted octanol–water partition coefficient (Wildman–Crippen LogP) is 2.38. The molecule has 140 valence electrons. The fraction of sp³-hybridized carbons (Fsp3) is 0.389. The van der Waals surface area contributed by atoms with Gasteiger partial charge in [0.1, 0.15) is 6.04 Å². The lowest BCUT2D eigenvalue weighted by molar-refractivity contribution is -0.148. The molecule has 4 N–H and O–H groups in total. The van der Waals surface area contributed by atoms with Crippen molar-refractivity contribution in [3.63, 3.8) is 0 Å². The second-order valence-corrected chi connectivity index (χ2v) is 6.94. The summed E-state index contributed by atoms with van der Waals surface area (Å²) in [7, 11) is 0. The van der Waals surface area contributed by atoms with Gasteiger partial charge in [0, 0.05) is 22.2 Å². The second-order valence-electron chi connectivity index (χ2n) is 5.96. The minimum atomic E-state index is -0.980. The molecule has 0 aliphatic rings. The van der Waals surface area contributed by atoms with Crippen LogP contribution in [-0.4, -0.2) is 46.9 Å². The number of aromatic nitrogens is 1. The van der Waals surface area contributed by atoms with Crippen LogP contribution in [0.2, 0.25) is 0 Å². The minimum Gasteiger partial charge on any atom is -0.453 e. The van der Waals surface area contributed by atoms with E-state index in [1.165, 1.54) is 18.7 Å². The topological polar surface area (TPSA) is 114 Å². The molecule has 0 spiro atoms. The van der Waals surface area contributed by atoms with Gasteiger partial charge in [-0.2, -0.15) is 11.8 Å². The number of H-pyrrole nitrogens is 1. The van der Waals surface area contributed by atoms with Crippen molar-refractivity contribution in [2.24, 2.45) is 5.73 Å². The molecule has 2 rings (SSSR count). The molecule has 2 atom stereocenters. The highest BCUT2D eigenvalue weighted by Crippen LogP contribution is 2.24. The molecular weight excluding hydrogens is 354 g/mol. The van der Waals surface area contributed by atoms with Gasteiger partial charge in [0.05, 0.1) is 0 Å². The van der Waals surface area contributed by atoms with Crippen LogP contribution in [0.3, 0.4) is 0 Å². The van der Waals surface area contributed by atoms with Crippen LogP contribution < -0.4 is 11.1 Å². The number of primary amides is 1. The number of amides is 2. The summed E-state index contributed by atoms with van der Waals surface area (Å²) in [4.78, 5) is 39.4. The minimum absolute atomic E-state index is 0.295. The zero-order valence-corrected chi connectivity index (χ0v) is 15.8. The van der Waals surface area contributed by atoms with Crippen molar-refractivity contribution in [2.45, 2.75) is 32.4 Å². The fourth-order valence-corrected chi connectivity index (χ4v) is 3.24. The molecule has 8 heteroatoms. The van der Waals surface area contributed by atoms with Crippen molar-refractivity contribution >= 4 is 40.4 Å². The first-order valence-electron chi connectivity index (χ1n) is 8.22. The monoisotopic (exact) mass is 377 g/mol. The Morgan fingerprint density at radius 1 is 1.31 bits per heavy atom. The lowest BCUT2D eigenvalue weighted by Gasteiger charge is -2.19. The predicted molar refractivity (Wildman–Crippen MR) is 102 cm³/mol. The first kappa shape index (κ1) is 19.8. The number of rotatable bonds is 8. The van der Waals surface area contributed by atoms with Crippen LogP contribution in [0.25, 0.3) is 10.9 Å². The van der Waals surface area contributed by atoms with Crippen LogP contribution in [0.1, 0.15) is 29.4 Å². The van der Waals surface area contributed by atoms with Gasteiger partial charge in [0.25, 0.3) is 0 Å². The molecule has 0 saturated heterocycles. The van der Waals surface area contributed by atoms with E-state index < -0.39 is 24.1 Å². The highest BCUT2D eigenvalue weighted by Gasteiger charge is 2.28. The Morgan fingerprint density at radius 2 is 2.00 bits per heavy atom. The molecule has 0 aliphatic heterocycles. The first-order chi connectivity index (χ1) is 12.3. The Hall–Kier alpha value is -2.48. The van der Waals surface area contributed by atoms with Gasteiger partial charge in [-0.1, -0.05) is 18.2 Å². The van der Waals surface area contributed by atoms with Gasteiger partial charge in [-0.05, 0) is 38.3 Å². The maximum Gasteiger partial charge on any atom is 0.329 e. The summed E-state index contributed by atoms with van der Waals surface area (Å²) in [5, 5.41) is 3.15. The van der Waals surface area contributed by atoms with E-state index >= 15 is 0 Å². The fourth-order valence-electron chi connectivity index (χ4n) is 2.76. The van der Waals surface area contributed by atoms with Gasteiger partial charge in [0.15, 0.2) is 6.10 Å². The second kappa shape index (κ2) is 8.75. The Kier molecular flexibility index (Phi) is 6.68. The van der Waals surface area contributed by atoms with Gasteiger partial charge in [-0.3, -0.25) is 4.79 Å². The lowest BCUT2D eigenvalue weighted by Crippen LogP contribution is -2.46. The number of ketones is 1. The highest BCUT2D eigenvalue weighted by molar-refractivity contribution is 7.98. The molecule has 0 fully saturated rings. The van der Waals surface area contributed by atoms with Gasteiger partial charge in [-0.25, -0.2) is 9.59 Å². The largest absolute Gasteiger partial charge is 0.453 e. The molecule has 0 aliphatic carbocycles. The number of para-hydroxylation sites is 1. The number of aromatic amines is 1. The van der Waals surface area contributed by atoms with Crippen molar-refractivity contribution in [3.8, 4) is 0 Å². The Bertz CT molecular complexity index is 818. The van der Waals surface area contributed by atoms with E-state index in [4.69, 9.17) is 10.5 Å². The van der Waals surface area contributed by atoms with Crippen LogP contribution >= 0.6 is 11.8 Å². The number of fused-ring (bicyclic) bond motifs is 1. The van der Waals surface area contributed by atoms with Crippen LogP contribution in [0.4, 0.5) is 4.79 Å². The van der Waals surface area contributed by atoms with Crippen molar-refractivity contribution in [1.29, 1.82) is 0 Å². The normalized spacial score (nSPS) is 13.2. The van der Waals surface area contributed by atoms with Gasteiger partial charge in [0.2, 0.25) is 5.78 Å². The molecule has 7 nitrogen and oxygen atoms in total. The van der Waals surface area contributed by atoms with Crippen LogP contribution in [0.5, 0.6) is 0 Å². The third kappa shape index (κ3) is 4.57. The number of benzene rings is 1. The van der Waals surface area contributed by atoms with Gasteiger partial charge in [-0.15, -0.1) is 0 Å². The number of urea groups is 1. The summed E-state index contributed by atoms with van der Waals surface area (Å²) in [5.74, 6) is -0.323. The van der Waals surface area contributed by atoms with E-state index in [2.05, 4.69) is 10.3 Å². The summed E-state index contributed by atoms with van der Waals surface area (Å²) in [5.41, 5.74) is 7.18. The maximum atomic E-state index is 12.8. The number of hydrogen-bond acceptors (Lipinski definition) is 5. The molecule has 0 bridgehead atoms. The summed E-state index contributed by atoms with van der Waals surface area (Å²) in [6.07, 6.45) is 1.28. The van der Waals surface area contributed by atoms with E-state index in [1.54, 1.807) is 6.92 Å². The van der Waals surface area contributed by atoms with Crippen LogP contribution in [-0.2, 0) is 9.53 Å². The molecule has 0 saturated carbocycles. The molecule has 2 amide bonds. The summed E-state index contributed by atoms with van der Waals surface area (Å²) in [6, 6.07) is 5.76. The van der Waals surface area contributed by atoms with Crippen molar-refractivity contribution in [3.05, 3.63) is 35.5 Å². The van der Waals surface area contributed by atoms with E-state index in [0.29, 0.717) is 23.4 Å². The standard InChI is InChI=1S/C18H23N3O4S/c1-10-15(12-6-4-5-7-13(12)20-10)16(22)11(2)25-17(23)14(8-9-26-3)21-18(19)24/h4-7,11,14,20H,8-9H2,1-3H3,(H3,19,21,24)/t11-,14-/m0/s1. The summed E-state index contributed by atoms with van der Waals surface area (Å²) >= 11 is 1.53. The summed E-state index contributed by atoms with van der Waals surface area (Å²) in [6.45, 7) is 3.33. The third-order valence-electron chi connectivity index (χ3n) is 4.01. The van der Waals surface area contributed by atoms with Crippen LogP contribution in [0, 0.1) is 6.92 Å². The Morgan fingerprint density at radius 3 is 2.65 bits per heavy atom. The summed E-state index contributed by atoms with van der Waals surface area (Å²) < 4.78 is 5.32. The van der Waals surface area contributed by atoms with Crippen LogP contribution in [0.15, 0.2) is 24.3 Å². The number of aryl methyl sites for hydroxylation is 1. The van der Waals surface area contributed by atoms with Gasteiger partial charge < -0.3 is 20.8 Å². The molecule has 2 aromatic rings. The molecule has 26 heavy (non-hydrogen) atoms. The Balaban J connectivity index is 2.15. The highest BCUT2D eigenvalue weighted by atomic mass is 32.2. The molecule has 0 unspecified atom stereocenters. The van der Waals surface area contributed by atoms with Crippen molar-refractivity contribution < 1.29 is 19.1 Å². The number of ether oxygens (including phenoxy) is 1. The number of nitrogens with two attached hydrogens (primary N) is 1. The number of carbonyl (C=O) groups is 3.